The van der Waals surface area contributed by atoms with Crippen LogP contribution in [0.15, 0.2) is 23.6 Å². The van der Waals surface area contributed by atoms with Gasteiger partial charge in [0.1, 0.15) is 5.75 Å². The second-order valence-electron chi connectivity index (χ2n) is 4.89. The van der Waals surface area contributed by atoms with Crippen LogP contribution in [0.4, 0.5) is 0 Å². The molecule has 0 bridgehead atoms. The summed E-state index contributed by atoms with van der Waals surface area (Å²) in [6.45, 7) is 0. The molecule has 1 fully saturated rings. The van der Waals surface area contributed by atoms with Crippen LogP contribution in [-0.2, 0) is 0 Å². The van der Waals surface area contributed by atoms with E-state index in [4.69, 9.17) is 4.74 Å². The van der Waals surface area contributed by atoms with Crippen LogP contribution in [0.25, 0.3) is 10.1 Å². The van der Waals surface area contributed by atoms with Crippen LogP contribution in [0.2, 0.25) is 0 Å². The molecule has 0 radical (unpaired) electrons. The molecule has 1 aliphatic carbocycles. The molecule has 1 aliphatic rings. The number of hydrogen-bond acceptors (Lipinski definition) is 2. The Labute approximate surface area is 106 Å². The van der Waals surface area contributed by atoms with E-state index < -0.39 is 0 Å². The smallest absolute Gasteiger partial charge is 0.120 e. The van der Waals surface area contributed by atoms with Gasteiger partial charge in [-0.2, -0.15) is 0 Å². The van der Waals surface area contributed by atoms with Crippen molar-refractivity contribution in [3.05, 3.63) is 29.1 Å². The van der Waals surface area contributed by atoms with E-state index in [0.29, 0.717) is 0 Å². The minimum atomic E-state index is 0.797. The van der Waals surface area contributed by atoms with Gasteiger partial charge in [0.05, 0.1) is 7.11 Å². The molecule has 0 unspecified atom stereocenters. The highest BCUT2D eigenvalue weighted by Gasteiger charge is 2.18. The number of rotatable bonds is 2. The van der Waals surface area contributed by atoms with Crippen molar-refractivity contribution < 1.29 is 4.74 Å². The summed E-state index contributed by atoms with van der Waals surface area (Å²) in [7, 11) is 1.73. The molecule has 3 rings (SSSR count). The Morgan fingerprint density at radius 1 is 1.18 bits per heavy atom. The summed E-state index contributed by atoms with van der Waals surface area (Å²) in [5.74, 6) is 1.76. The van der Waals surface area contributed by atoms with Crippen LogP contribution in [-0.4, -0.2) is 7.11 Å². The Balaban J connectivity index is 1.99. The first-order valence-corrected chi connectivity index (χ1v) is 7.31. The molecule has 0 N–H and O–H groups in total. The highest BCUT2D eigenvalue weighted by Crippen LogP contribution is 2.40. The highest BCUT2D eigenvalue weighted by atomic mass is 32.1. The molecule has 0 amide bonds. The monoisotopic (exact) mass is 246 g/mol. The quantitative estimate of drug-likeness (QED) is 0.728. The average Bonchev–Trinajstić information content (AvgIpc) is 2.82. The minimum Gasteiger partial charge on any atom is -0.497 e. The topological polar surface area (TPSA) is 9.23 Å². The molecule has 0 spiro atoms. The highest BCUT2D eigenvalue weighted by molar-refractivity contribution is 7.17. The van der Waals surface area contributed by atoms with Crippen LogP contribution >= 0.6 is 11.3 Å². The zero-order chi connectivity index (χ0) is 11.7. The second-order valence-corrected chi connectivity index (χ2v) is 5.80. The van der Waals surface area contributed by atoms with E-state index in [1.807, 2.05) is 11.3 Å². The fourth-order valence-corrected chi connectivity index (χ4v) is 3.96. The Kier molecular flexibility index (Phi) is 3.06. The maximum absolute atomic E-state index is 5.28. The number of benzene rings is 1. The minimum absolute atomic E-state index is 0.797. The van der Waals surface area contributed by atoms with Crippen LogP contribution in [0, 0.1) is 0 Å². The van der Waals surface area contributed by atoms with Crippen molar-refractivity contribution in [2.75, 3.05) is 7.11 Å². The molecule has 90 valence electrons. The molecular weight excluding hydrogens is 228 g/mol. The van der Waals surface area contributed by atoms with Gasteiger partial charge in [0, 0.05) is 4.70 Å². The first-order valence-electron chi connectivity index (χ1n) is 6.43. The summed E-state index contributed by atoms with van der Waals surface area (Å²) in [4.78, 5) is 0. The summed E-state index contributed by atoms with van der Waals surface area (Å²) in [5, 5.41) is 3.81. The molecule has 1 saturated carbocycles. The number of thiophene rings is 1. The zero-order valence-corrected chi connectivity index (χ0v) is 11.1. The lowest BCUT2D eigenvalue weighted by atomic mass is 9.84. The average molecular weight is 246 g/mol. The van der Waals surface area contributed by atoms with Gasteiger partial charge in [0.25, 0.3) is 0 Å². The molecule has 2 aromatic rings. The largest absolute Gasteiger partial charge is 0.497 e. The van der Waals surface area contributed by atoms with E-state index in [1.165, 1.54) is 42.2 Å². The van der Waals surface area contributed by atoms with Crippen molar-refractivity contribution in [1.82, 2.24) is 0 Å². The van der Waals surface area contributed by atoms with E-state index in [1.54, 1.807) is 12.7 Å². The van der Waals surface area contributed by atoms with E-state index in [9.17, 15) is 0 Å². The predicted octanol–water partition coefficient (Wildman–Crippen LogP) is 4.96. The Hall–Kier alpha value is -1.02. The summed E-state index contributed by atoms with van der Waals surface area (Å²) in [6, 6.07) is 6.47. The van der Waals surface area contributed by atoms with Gasteiger partial charge in [-0.05, 0) is 53.3 Å². The number of methoxy groups -OCH3 is 1. The van der Waals surface area contributed by atoms with Crippen molar-refractivity contribution in [3.63, 3.8) is 0 Å². The SMILES string of the molecule is COc1ccc2c(C3CCCCC3)csc2c1. The first kappa shape index (κ1) is 11.1. The van der Waals surface area contributed by atoms with Crippen LogP contribution in [0.5, 0.6) is 5.75 Å². The number of ether oxygens (including phenoxy) is 1. The maximum Gasteiger partial charge on any atom is 0.120 e. The van der Waals surface area contributed by atoms with Gasteiger partial charge in [-0.1, -0.05) is 19.3 Å². The summed E-state index contributed by atoms with van der Waals surface area (Å²) >= 11 is 1.86. The van der Waals surface area contributed by atoms with Gasteiger partial charge in [-0.25, -0.2) is 0 Å². The van der Waals surface area contributed by atoms with E-state index in [2.05, 4.69) is 23.6 Å². The van der Waals surface area contributed by atoms with Gasteiger partial charge in [0.2, 0.25) is 0 Å². The molecule has 1 aromatic carbocycles. The van der Waals surface area contributed by atoms with Gasteiger partial charge in [-0.3, -0.25) is 0 Å². The fourth-order valence-electron chi connectivity index (χ4n) is 2.89. The fraction of sp³-hybridized carbons (Fsp3) is 0.467. The lowest BCUT2D eigenvalue weighted by Gasteiger charge is -2.21. The third-order valence-corrected chi connectivity index (χ3v) is 4.82. The Morgan fingerprint density at radius 2 is 2.00 bits per heavy atom. The third-order valence-electron chi connectivity index (χ3n) is 3.86. The molecule has 0 atom stereocenters. The lowest BCUT2D eigenvalue weighted by molar-refractivity contribution is 0.415. The molecule has 0 aliphatic heterocycles. The van der Waals surface area contributed by atoms with E-state index in [-0.39, 0.29) is 0 Å². The maximum atomic E-state index is 5.28. The Morgan fingerprint density at radius 3 is 2.76 bits per heavy atom. The molecule has 2 heteroatoms. The molecule has 17 heavy (non-hydrogen) atoms. The van der Waals surface area contributed by atoms with Gasteiger partial charge in [0.15, 0.2) is 0 Å². The van der Waals surface area contributed by atoms with Gasteiger partial charge >= 0.3 is 0 Å². The first-order chi connectivity index (χ1) is 8.38. The molecule has 1 aromatic heterocycles. The lowest BCUT2D eigenvalue weighted by Crippen LogP contribution is -2.03. The normalized spacial score (nSPS) is 17.5. The van der Waals surface area contributed by atoms with E-state index in [0.717, 1.165) is 11.7 Å². The summed E-state index contributed by atoms with van der Waals surface area (Å²) < 4.78 is 6.65. The molecule has 0 saturated heterocycles. The standard InChI is InChI=1S/C15H18OS/c1-16-12-7-8-13-14(10-17-15(13)9-12)11-5-3-2-4-6-11/h7-11H,2-6H2,1H3. The van der Waals surface area contributed by atoms with Crippen LogP contribution in [0.1, 0.15) is 43.6 Å². The molecule has 1 heterocycles. The molecule has 1 nitrogen and oxygen atoms in total. The zero-order valence-electron chi connectivity index (χ0n) is 10.2. The van der Waals surface area contributed by atoms with Gasteiger partial charge in [-0.15, -0.1) is 11.3 Å². The van der Waals surface area contributed by atoms with E-state index >= 15 is 0 Å². The Bertz CT molecular complexity index is 509. The van der Waals surface area contributed by atoms with Crippen molar-refractivity contribution >= 4 is 21.4 Å². The summed E-state index contributed by atoms with van der Waals surface area (Å²) in [6.07, 6.45) is 6.97. The third kappa shape index (κ3) is 2.06. The summed E-state index contributed by atoms with van der Waals surface area (Å²) in [5.41, 5.74) is 1.58. The number of fused-ring (bicyclic) bond motifs is 1. The van der Waals surface area contributed by atoms with Crippen molar-refractivity contribution in [2.45, 2.75) is 38.0 Å². The van der Waals surface area contributed by atoms with Crippen molar-refractivity contribution in [2.24, 2.45) is 0 Å². The van der Waals surface area contributed by atoms with Gasteiger partial charge < -0.3 is 4.74 Å². The predicted molar refractivity (Wildman–Crippen MR) is 74.2 cm³/mol. The van der Waals surface area contributed by atoms with Crippen molar-refractivity contribution in [1.29, 1.82) is 0 Å². The second kappa shape index (κ2) is 4.69. The van der Waals surface area contributed by atoms with Crippen LogP contribution < -0.4 is 4.74 Å². The van der Waals surface area contributed by atoms with Crippen molar-refractivity contribution in [3.8, 4) is 5.75 Å². The van der Waals surface area contributed by atoms with Crippen LogP contribution in [0.3, 0.4) is 0 Å². The molecular formula is C15H18OS. The number of hydrogen-bond donors (Lipinski definition) is 0.